The highest BCUT2D eigenvalue weighted by atomic mass is 16.6. The van der Waals surface area contributed by atoms with Gasteiger partial charge in [-0.1, -0.05) is 0 Å². The molecule has 14 heavy (non-hydrogen) atoms. The maximum atomic E-state index is 11.2. The quantitative estimate of drug-likeness (QED) is 0.683. The van der Waals surface area contributed by atoms with Gasteiger partial charge in [0.15, 0.2) is 0 Å². The maximum Gasteiger partial charge on any atom is 0.332 e. The summed E-state index contributed by atoms with van der Waals surface area (Å²) >= 11 is 0. The molecule has 1 aliphatic heterocycles. The molecule has 82 valence electrons. The molecule has 4 heteroatoms. The van der Waals surface area contributed by atoms with Gasteiger partial charge < -0.3 is 14.8 Å². The van der Waals surface area contributed by atoms with E-state index in [4.69, 9.17) is 9.47 Å². The Morgan fingerprint density at radius 3 is 2.71 bits per heavy atom. The summed E-state index contributed by atoms with van der Waals surface area (Å²) in [4.78, 5) is 11.2. The van der Waals surface area contributed by atoms with Crippen molar-refractivity contribution in [2.45, 2.75) is 38.9 Å². The number of hydrogen-bond acceptors (Lipinski definition) is 4. The van der Waals surface area contributed by atoms with Crippen molar-refractivity contribution in [3.05, 3.63) is 0 Å². The highest BCUT2D eigenvalue weighted by molar-refractivity contribution is 5.71. The van der Waals surface area contributed by atoms with Crippen molar-refractivity contribution in [1.29, 1.82) is 0 Å². The Hall–Kier alpha value is -0.610. The predicted octanol–water partition coefficient (Wildman–Crippen LogP) is 0.707. The van der Waals surface area contributed by atoms with E-state index in [-0.39, 0.29) is 18.7 Å². The van der Waals surface area contributed by atoms with Crippen LogP contribution in [0.15, 0.2) is 0 Å². The van der Waals surface area contributed by atoms with Crippen molar-refractivity contribution in [2.75, 3.05) is 19.7 Å². The topological polar surface area (TPSA) is 47.6 Å². The second-order valence-corrected chi connectivity index (χ2v) is 4.51. The SMILES string of the molecule is CC(C)(C)OC(=O)CO[C@@H]1CCNC1. The average Bonchev–Trinajstić information content (AvgIpc) is 2.49. The van der Waals surface area contributed by atoms with Gasteiger partial charge in [-0.05, 0) is 33.7 Å². The van der Waals surface area contributed by atoms with E-state index >= 15 is 0 Å². The minimum Gasteiger partial charge on any atom is -0.458 e. The lowest BCUT2D eigenvalue weighted by Gasteiger charge is -2.20. The van der Waals surface area contributed by atoms with Crippen LogP contribution in [0.25, 0.3) is 0 Å². The van der Waals surface area contributed by atoms with Crippen molar-refractivity contribution in [3.63, 3.8) is 0 Å². The van der Waals surface area contributed by atoms with Crippen LogP contribution in [0.5, 0.6) is 0 Å². The summed E-state index contributed by atoms with van der Waals surface area (Å²) in [6.45, 7) is 7.41. The van der Waals surface area contributed by atoms with Crippen LogP contribution in [0.4, 0.5) is 0 Å². The fourth-order valence-corrected chi connectivity index (χ4v) is 1.33. The lowest BCUT2D eigenvalue weighted by Crippen LogP contribution is -2.28. The minimum atomic E-state index is -0.422. The summed E-state index contributed by atoms with van der Waals surface area (Å²) in [7, 11) is 0. The van der Waals surface area contributed by atoms with Crippen LogP contribution >= 0.6 is 0 Å². The van der Waals surface area contributed by atoms with E-state index in [9.17, 15) is 4.79 Å². The Morgan fingerprint density at radius 2 is 2.21 bits per heavy atom. The standard InChI is InChI=1S/C10H19NO3/c1-10(2,3)14-9(12)7-13-8-4-5-11-6-8/h8,11H,4-7H2,1-3H3/t8-/m1/s1. The third-order valence-corrected chi connectivity index (χ3v) is 1.87. The number of nitrogens with one attached hydrogen (secondary N) is 1. The second kappa shape index (κ2) is 4.75. The van der Waals surface area contributed by atoms with Crippen molar-refractivity contribution in [2.24, 2.45) is 0 Å². The first-order valence-corrected chi connectivity index (χ1v) is 5.01. The van der Waals surface area contributed by atoms with Crippen LogP contribution in [0.3, 0.4) is 0 Å². The van der Waals surface area contributed by atoms with Gasteiger partial charge >= 0.3 is 5.97 Å². The Kier molecular flexibility index (Phi) is 3.89. The van der Waals surface area contributed by atoms with Gasteiger partial charge in [0.2, 0.25) is 0 Å². The van der Waals surface area contributed by atoms with E-state index < -0.39 is 5.60 Å². The van der Waals surface area contributed by atoms with Crippen LogP contribution in [-0.4, -0.2) is 37.4 Å². The summed E-state index contributed by atoms with van der Waals surface area (Å²) < 4.78 is 10.5. The van der Waals surface area contributed by atoms with E-state index in [1.807, 2.05) is 20.8 Å². The number of esters is 1. The summed E-state index contributed by atoms with van der Waals surface area (Å²) in [6.07, 6.45) is 1.14. The number of hydrogen-bond donors (Lipinski definition) is 1. The number of carbonyl (C=O) groups is 1. The first-order valence-electron chi connectivity index (χ1n) is 5.01. The van der Waals surface area contributed by atoms with Gasteiger partial charge in [-0.3, -0.25) is 0 Å². The Balaban J connectivity index is 2.14. The Bertz CT molecular complexity index is 192. The van der Waals surface area contributed by atoms with Crippen LogP contribution in [-0.2, 0) is 14.3 Å². The molecule has 0 aliphatic carbocycles. The molecule has 0 spiro atoms. The summed E-state index contributed by atoms with van der Waals surface area (Å²) in [6, 6.07) is 0. The first kappa shape index (κ1) is 11.5. The molecule has 1 rings (SSSR count). The molecule has 0 unspecified atom stereocenters. The van der Waals surface area contributed by atoms with Crippen molar-refractivity contribution < 1.29 is 14.3 Å². The molecule has 0 aromatic rings. The molecule has 4 nitrogen and oxygen atoms in total. The van der Waals surface area contributed by atoms with E-state index in [1.165, 1.54) is 0 Å². The average molecular weight is 201 g/mol. The van der Waals surface area contributed by atoms with Crippen LogP contribution in [0.1, 0.15) is 27.2 Å². The molecule has 1 heterocycles. The van der Waals surface area contributed by atoms with E-state index in [0.29, 0.717) is 0 Å². The lowest BCUT2D eigenvalue weighted by atomic mass is 10.2. The van der Waals surface area contributed by atoms with Crippen molar-refractivity contribution in [1.82, 2.24) is 5.32 Å². The molecule has 1 atom stereocenters. The normalized spacial score (nSPS) is 22.4. The zero-order valence-corrected chi connectivity index (χ0v) is 9.13. The summed E-state index contributed by atoms with van der Waals surface area (Å²) in [5.74, 6) is -0.288. The maximum absolute atomic E-state index is 11.2. The van der Waals surface area contributed by atoms with Gasteiger partial charge in [-0.2, -0.15) is 0 Å². The Labute approximate surface area is 85.0 Å². The van der Waals surface area contributed by atoms with E-state index in [2.05, 4.69) is 5.32 Å². The number of carbonyl (C=O) groups excluding carboxylic acids is 1. The molecule has 0 aromatic carbocycles. The van der Waals surface area contributed by atoms with Gasteiger partial charge in [0, 0.05) is 6.54 Å². The smallest absolute Gasteiger partial charge is 0.332 e. The molecular weight excluding hydrogens is 182 g/mol. The Morgan fingerprint density at radius 1 is 1.50 bits per heavy atom. The fraction of sp³-hybridized carbons (Fsp3) is 0.900. The largest absolute Gasteiger partial charge is 0.458 e. The highest BCUT2D eigenvalue weighted by Crippen LogP contribution is 2.08. The van der Waals surface area contributed by atoms with Gasteiger partial charge in [0.1, 0.15) is 12.2 Å². The molecule has 0 amide bonds. The monoisotopic (exact) mass is 201 g/mol. The molecule has 0 radical (unpaired) electrons. The third kappa shape index (κ3) is 4.58. The fourth-order valence-electron chi connectivity index (χ4n) is 1.33. The summed E-state index contributed by atoms with van der Waals surface area (Å²) in [5, 5.41) is 3.17. The van der Waals surface area contributed by atoms with Gasteiger partial charge in [0.25, 0.3) is 0 Å². The molecule has 1 N–H and O–H groups in total. The van der Waals surface area contributed by atoms with E-state index in [0.717, 1.165) is 19.5 Å². The van der Waals surface area contributed by atoms with Gasteiger partial charge in [-0.25, -0.2) is 4.79 Å². The van der Waals surface area contributed by atoms with Crippen LogP contribution in [0, 0.1) is 0 Å². The third-order valence-electron chi connectivity index (χ3n) is 1.87. The van der Waals surface area contributed by atoms with Crippen LogP contribution in [0.2, 0.25) is 0 Å². The predicted molar refractivity (Wildman–Crippen MR) is 53.1 cm³/mol. The minimum absolute atomic E-state index is 0.0591. The van der Waals surface area contributed by atoms with E-state index in [1.54, 1.807) is 0 Å². The molecule has 1 aliphatic rings. The van der Waals surface area contributed by atoms with Gasteiger partial charge in [-0.15, -0.1) is 0 Å². The van der Waals surface area contributed by atoms with Gasteiger partial charge in [0.05, 0.1) is 6.10 Å². The molecule has 0 aromatic heterocycles. The zero-order valence-electron chi connectivity index (χ0n) is 9.13. The molecular formula is C10H19NO3. The van der Waals surface area contributed by atoms with Crippen LogP contribution < -0.4 is 5.32 Å². The van der Waals surface area contributed by atoms with Crippen molar-refractivity contribution in [3.8, 4) is 0 Å². The number of ether oxygens (including phenoxy) is 2. The summed E-state index contributed by atoms with van der Waals surface area (Å²) in [5.41, 5.74) is -0.422. The highest BCUT2D eigenvalue weighted by Gasteiger charge is 2.19. The second-order valence-electron chi connectivity index (χ2n) is 4.51. The number of rotatable bonds is 3. The lowest BCUT2D eigenvalue weighted by molar-refractivity contribution is -0.161. The first-order chi connectivity index (χ1) is 6.47. The zero-order chi connectivity index (χ0) is 10.6. The molecule has 1 saturated heterocycles. The van der Waals surface area contributed by atoms with Crippen molar-refractivity contribution >= 4 is 5.97 Å². The molecule has 1 fully saturated rings. The molecule has 0 bridgehead atoms. The molecule has 0 saturated carbocycles.